The molecule has 0 saturated heterocycles. The molecule has 2 N–H and O–H groups in total. The number of anilines is 1. The molecule has 1 heterocycles. The lowest BCUT2D eigenvalue weighted by Crippen LogP contribution is -2.05. The predicted octanol–water partition coefficient (Wildman–Crippen LogP) is 3.05. The first-order valence-corrected chi connectivity index (χ1v) is 5.99. The van der Waals surface area contributed by atoms with Gasteiger partial charge < -0.3 is 5.73 Å². The maximum atomic E-state index is 12.4. The van der Waals surface area contributed by atoms with Crippen LogP contribution in [0.15, 0.2) is 60.9 Å². The Labute approximate surface area is 110 Å². The van der Waals surface area contributed by atoms with Crippen LogP contribution in [0.3, 0.4) is 0 Å². The van der Waals surface area contributed by atoms with Gasteiger partial charge in [-0.2, -0.15) is 0 Å². The Kier molecular flexibility index (Phi) is 2.72. The SMILES string of the molecule is Nc1ccncc1C(=O)c1ccc2ccccc2c1. The van der Waals surface area contributed by atoms with Gasteiger partial charge in [-0.1, -0.05) is 36.4 Å². The highest BCUT2D eigenvalue weighted by Gasteiger charge is 2.12. The van der Waals surface area contributed by atoms with Crippen molar-refractivity contribution in [3.63, 3.8) is 0 Å². The Balaban J connectivity index is 2.09. The summed E-state index contributed by atoms with van der Waals surface area (Å²) in [6, 6.07) is 15.2. The van der Waals surface area contributed by atoms with E-state index in [1.807, 2.05) is 42.5 Å². The molecule has 0 unspecified atom stereocenters. The Morgan fingerprint density at radius 2 is 1.79 bits per heavy atom. The van der Waals surface area contributed by atoms with E-state index in [0.717, 1.165) is 10.8 Å². The fourth-order valence-electron chi connectivity index (χ4n) is 2.08. The van der Waals surface area contributed by atoms with Crippen molar-refractivity contribution in [2.75, 3.05) is 5.73 Å². The average Bonchev–Trinajstić information content (AvgIpc) is 2.46. The molecular weight excluding hydrogens is 236 g/mol. The summed E-state index contributed by atoms with van der Waals surface area (Å²) < 4.78 is 0. The van der Waals surface area contributed by atoms with E-state index in [4.69, 9.17) is 5.73 Å². The van der Waals surface area contributed by atoms with Crippen LogP contribution in [0.25, 0.3) is 10.8 Å². The molecule has 3 rings (SSSR count). The summed E-state index contributed by atoms with van der Waals surface area (Å²) in [6.07, 6.45) is 3.08. The Morgan fingerprint density at radius 3 is 2.58 bits per heavy atom. The van der Waals surface area contributed by atoms with E-state index < -0.39 is 0 Å². The number of benzene rings is 2. The van der Waals surface area contributed by atoms with Gasteiger partial charge in [0.2, 0.25) is 0 Å². The van der Waals surface area contributed by atoms with Crippen molar-refractivity contribution >= 4 is 22.2 Å². The fourth-order valence-corrected chi connectivity index (χ4v) is 2.08. The van der Waals surface area contributed by atoms with Crippen molar-refractivity contribution in [1.29, 1.82) is 0 Å². The predicted molar refractivity (Wildman–Crippen MR) is 76.0 cm³/mol. The van der Waals surface area contributed by atoms with Crippen LogP contribution >= 0.6 is 0 Å². The number of fused-ring (bicyclic) bond motifs is 1. The van der Waals surface area contributed by atoms with Crippen LogP contribution in [0.4, 0.5) is 5.69 Å². The summed E-state index contributed by atoms with van der Waals surface area (Å²) in [4.78, 5) is 16.3. The van der Waals surface area contributed by atoms with Crippen molar-refractivity contribution in [2.45, 2.75) is 0 Å². The lowest BCUT2D eigenvalue weighted by atomic mass is 10.0. The van der Waals surface area contributed by atoms with E-state index in [1.165, 1.54) is 6.20 Å². The zero-order valence-electron chi connectivity index (χ0n) is 10.2. The maximum absolute atomic E-state index is 12.4. The van der Waals surface area contributed by atoms with Gasteiger partial charge in [-0.3, -0.25) is 9.78 Å². The average molecular weight is 248 g/mol. The number of nitrogen functional groups attached to an aromatic ring is 1. The van der Waals surface area contributed by atoms with Crippen molar-refractivity contribution < 1.29 is 4.79 Å². The standard InChI is InChI=1S/C16H12N2O/c17-15-7-8-18-10-14(15)16(19)13-6-5-11-3-1-2-4-12(11)9-13/h1-10H,(H2,17,18). The van der Waals surface area contributed by atoms with Gasteiger partial charge in [0, 0.05) is 23.6 Å². The minimum absolute atomic E-state index is 0.101. The highest BCUT2D eigenvalue weighted by molar-refractivity contribution is 6.13. The first-order chi connectivity index (χ1) is 9.25. The van der Waals surface area contributed by atoms with Crippen LogP contribution in [0, 0.1) is 0 Å². The van der Waals surface area contributed by atoms with Crippen LogP contribution in [0.5, 0.6) is 0 Å². The van der Waals surface area contributed by atoms with Crippen molar-refractivity contribution in [3.8, 4) is 0 Å². The molecule has 3 nitrogen and oxygen atoms in total. The monoisotopic (exact) mass is 248 g/mol. The topological polar surface area (TPSA) is 56.0 Å². The normalized spacial score (nSPS) is 10.5. The largest absolute Gasteiger partial charge is 0.398 e. The van der Waals surface area contributed by atoms with Gasteiger partial charge in [0.1, 0.15) is 0 Å². The van der Waals surface area contributed by atoms with Gasteiger partial charge in [-0.15, -0.1) is 0 Å². The molecule has 0 fully saturated rings. The van der Waals surface area contributed by atoms with Crippen LogP contribution in [-0.2, 0) is 0 Å². The molecule has 0 amide bonds. The molecular formula is C16H12N2O. The molecule has 1 aromatic heterocycles. The van der Waals surface area contributed by atoms with Gasteiger partial charge in [0.15, 0.2) is 5.78 Å². The molecule has 0 aliphatic carbocycles. The molecule has 3 aromatic rings. The van der Waals surface area contributed by atoms with Crippen LogP contribution in [0.2, 0.25) is 0 Å². The third-order valence-electron chi connectivity index (χ3n) is 3.11. The van der Waals surface area contributed by atoms with E-state index >= 15 is 0 Å². The number of hydrogen-bond acceptors (Lipinski definition) is 3. The zero-order valence-corrected chi connectivity index (χ0v) is 10.2. The minimum atomic E-state index is -0.101. The molecule has 0 bridgehead atoms. The van der Waals surface area contributed by atoms with Gasteiger partial charge in [0.25, 0.3) is 0 Å². The summed E-state index contributed by atoms with van der Waals surface area (Å²) >= 11 is 0. The molecule has 92 valence electrons. The van der Waals surface area contributed by atoms with E-state index in [9.17, 15) is 4.79 Å². The lowest BCUT2D eigenvalue weighted by molar-refractivity contribution is 0.103. The van der Waals surface area contributed by atoms with Crippen molar-refractivity contribution in [1.82, 2.24) is 4.98 Å². The maximum Gasteiger partial charge on any atom is 0.196 e. The number of nitrogens with two attached hydrogens (primary N) is 1. The molecule has 0 spiro atoms. The zero-order chi connectivity index (χ0) is 13.2. The van der Waals surface area contributed by atoms with E-state index in [0.29, 0.717) is 16.8 Å². The number of rotatable bonds is 2. The summed E-state index contributed by atoms with van der Waals surface area (Å²) in [7, 11) is 0. The van der Waals surface area contributed by atoms with Crippen molar-refractivity contribution in [2.24, 2.45) is 0 Å². The molecule has 0 radical (unpaired) electrons. The number of carbonyl (C=O) groups excluding carboxylic acids is 1. The smallest absolute Gasteiger partial charge is 0.196 e. The first-order valence-electron chi connectivity index (χ1n) is 5.99. The fraction of sp³-hybridized carbons (Fsp3) is 0. The molecule has 2 aromatic carbocycles. The second-order valence-corrected chi connectivity index (χ2v) is 4.35. The molecule has 19 heavy (non-hydrogen) atoms. The van der Waals surface area contributed by atoms with Gasteiger partial charge >= 0.3 is 0 Å². The second-order valence-electron chi connectivity index (χ2n) is 4.35. The Hall–Kier alpha value is -2.68. The number of ketones is 1. The van der Waals surface area contributed by atoms with Gasteiger partial charge in [-0.05, 0) is 22.9 Å². The number of nitrogens with zero attached hydrogens (tertiary/aromatic N) is 1. The third-order valence-corrected chi connectivity index (χ3v) is 3.11. The Morgan fingerprint density at radius 1 is 1.00 bits per heavy atom. The number of carbonyl (C=O) groups is 1. The van der Waals surface area contributed by atoms with Crippen LogP contribution in [0.1, 0.15) is 15.9 Å². The first kappa shape index (κ1) is 11.4. The molecule has 0 aliphatic rings. The molecule has 0 saturated carbocycles. The summed E-state index contributed by atoms with van der Waals surface area (Å²) in [5, 5.41) is 2.15. The minimum Gasteiger partial charge on any atom is -0.398 e. The number of hydrogen-bond donors (Lipinski definition) is 1. The van der Waals surface area contributed by atoms with Crippen molar-refractivity contribution in [3.05, 3.63) is 72.1 Å². The van der Waals surface area contributed by atoms with Crippen LogP contribution in [-0.4, -0.2) is 10.8 Å². The highest BCUT2D eigenvalue weighted by atomic mass is 16.1. The van der Waals surface area contributed by atoms with Gasteiger partial charge in [0.05, 0.1) is 5.56 Å². The third kappa shape index (κ3) is 2.06. The lowest BCUT2D eigenvalue weighted by Gasteiger charge is -2.05. The molecule has 3 heteroatoms. The highest BCUT2D eigenvalue weighted by Crippen LogP contribution is 2.20. The number of aromatic nitrogens is 1. The molecule has 0 atom stereocenters. The quantitative estimate of drug-likeness (QED) is 0.709. The number of pyridine rings is 1. The summed E-state index contributed by atoms with van der Waals surface area (Å²) in [5.41, 5.74) is 7.33. The van der Waals surface area contributed by atoms with Gasteiger partial charge in [-0.25, -0.2) is 0 Å². The van der Waals surface area contributed by atoms with E-state index in [-0.39, 0.29) is 5.78 Å². The Bertz CT molecular complexity index is 765. The van der Waals surface area contributed by atoms with Crippen LogP contribution < -0.4 is 5.73 Å². The summed E-state index contributed by atoms with van der Waals surface area (Å²) in [5.74, 6) is -0.101. The molecule has 0 aliphatic heterocycles. The van der Waals surface area contributed by atoms with E-state index in [1.54, 1.807) is 12.3 Å². The van der Waals surface area contributed by atoms with E-state index in [2.05, 4.69) is 4.98 Å². The summed E-state index contributed by atoms with van der Waals surface area (Å²) in [6.45, 7) is 0. The second kappa shape index (κ2) is 4.53.